The number of rotatable bonds is 6. The summed E-state index contributed by atoms with van der Waals surface area (Å²) in [6.07, 6.45) is 3.03. The first kappa shape index (κ1) is 19.2. The molecule has 0 aliphatic heterocycles. The number of ether oxygens (including phenoxy) is 3. The molecule has 0 fully saturated rings. The Kier molecular flexibility index (Phi) is 6.55. The molecule has 26 heavy (non-hydrogen) atoms. The van der Waals surface area contributed by atoms with Crippen LogP contribution in [0.3, 0.4) is 0 Å². The Morgan fingerprint density at radius 3 is 2.23 bits per heavy atom. The van der Waals surface area contributed by atoms with Gasteiger partial charge in [-0.15, -0.1) is 0 Å². The highest BCUT2D eigenvalue weighted by molar-refractivity contribution is 5.91. The first-order valence-corrected chi connectivity index (χ1v) is 8.20. The molecule has 0 N–H and O–H groups in total. The molecule has 2 rings (SSSR count). The third-order valence-electron chi connectivity index (χ3n) is 3.81. The molecule has 0 unspecified atom stereocenters. The van der Waals surface area contributed by atoms with Gasteiger partial charge >= 0.3 is 11.9 Å². The van der Waals surface area contributed by atoms with Gasteiger partial charge in [0.1, 0.15) is 0 Å². The summed E-state index contributed by atoms with van der Waals surface area (Å²) in [6, 6.07) is 12.4. The van der Waals surface area contributed by atoms with E-state index in [1.54, 1.807) is 6.08 Å². The van der Waals surface area contributed by atoms with Crippen LogP contribution in [0.25, 0.3) is 6.08 Å². The van der Waals surface area contributed by atoms with E-state index in [1.807, 2.05) is 24.3 Å². The lowest BCUT2D eigenvalue weighted by molar-refractivity contribution is -0.129. The molecule has 0 atom stereocenters. The predicted octanol–water partition coefficient (Wildman–Crippen LogP) is 4.22. The molecule has 0 aliphatic carbocycles. The zero-order valence-electron chi connectivity index (χ0n) is 15.3. The average molecular weight is 354 g/mol. The standard InChI is InChI=1S/C21H22O5/c1-14(2)16-8-5-15(6-9-16)7-12-20(22)26-18-11-10-17(21(23)25-4)13-19(18)24-3/h5-14H,1-4H3/b12-7+. The summed E-state index contributed by atoms with van der Waals surface area (Å²) >= 11 is 0. The number of esters is 2. The van der Waals surface area contributed by atoms with Gasteiger partial charge < -0.3 is 14.2 Å². The molecule has 0 bridgehead atoms. The summed E-state index contributed by atoms with van der Waals surface area (Å²) in [6.45, 7) is 4.25. The summed E-state index contributed by atoms with van der Waals surface area (Å²) < 4.78 is 15.1. The largest absolute Gasteiger partial charge is 0.493 e. The summed E-state index contributed by atoms with van der Waals surface area (Å²) in [7, 11) is 2.72. The molecule has 2 aromatic carbocycles. The maximum absolute atomic E-state index is 12.0. The SMILES string of the molecule is COC(=O)c1ccc(OC(=O)/C=C/c2ccc(C(C)C)cc2)c(OC)c1. The van der Waals surface area contributed by atoms with Crippen molar-refractivity contribution in [1.29, 1.82) is 0 Å². The maximum atomic E-state index is 12.0. The summed E-state index contributed by atoms with van der Waals surface area (Å²) in [5.41, 5.74) is 2.45. The highest BCUT2D eigenvalue weighted by Crippen LogP contribution is 2.28. The van der Waals surface area contributed by atoms with Crippen LogP contribution in [0.4, 0.5) is 0 Å². The van der Waals surface area contributed by atoms with Gasteiger partial charge in [0, 0.05) is 6.08 Å². The van der Waals surface area contributed by atoms with Gasteiger partial charge in [-0.25, -0.2) is 9.59 Å². The fourth-order valence-corrected chi connectivity index (χ4v) is 2.30. The number of carbonyl (C=O) groups is 2. The number of benzene rings is 2. The minimum Gasteiger partial charge on any atom is -0.493 e. The van der Waals surface area contributed by atoms with E-state index in [-0.39, 0.29) is 11.5 Å². The molecule has 5 nitrogen and oxygen atoms in total. The highest BCUT2D eigenvalue weighted by atomic mass is 16.6. The van der Waals surface area contributed by atoms with Crippen molar-refractivity contribution in [3.05, 3.63) is 65.2 Å². The Morgan fingerprint density at radius 1 is 0.962 bits per heavy atom. The van der Waals surface area contributed by atoms with Crippen molar-refractivity contribution >= 4 is 18.0 Å². The maximum Gasteiger partial charge on any atom is 0.337 e. The van der Waals surface area contributed by atoms with Crippen LogP contribution in [0.1, 0.15) is 41.3 Å². The third-order valence-corrected chi connectivity index (χ3v) is 3.81. The Labute approximate surface area is 153 Å². The normalized spacial score (nSPS) is 10.8. The van der Waals surface area contributed by atoms with E-state index >= 15 is 0 Å². The smallest absolute Gasteiger partial charge is 0.337 e. The second-order valence-corrected chi connectivity index (χ2v) is 5.93. The van der Waals surface area contributed by atoms with E-state index < -0.39 is 11.9 Å². The molecular weight excluding hydrogens is 332 g/mol. The summed E-state index contributed by atoms with van der Waals surface area (Å²) in [4.78, 5) is 23.6. The van der Waals surface area contributed by atoms with E-state index in [9.17, 15) is 9.59 Å². The molecule has 0 amide bonds. The van der Waals surface area contributed by atoms with Gasteiger partial charge in [0.25, 0.3) is 0 Å². The van der Waals surface area contributed by atoms with Crippen molar-refractivity contribution in [2.75, 3.05) is 14.2 Å². The van der Waals surface area contributed by atoms with Crippen LogP contribution in [0.15, 0.2) is 48.5 Å². The molecule has 0 saturated carbocycles. The van der Waals surface area contributed by atoms with E-state index in [2.05, 4.69) is 18.6 Å². The van der Waals surface area contributed by atoms with Crippen molar-refractivity contribution in [3.8, 4) is 11.5 Å². The van der Waals surface area contributed by atoms with E-state index in [0.29, 0.717) is 11.5 Å². The summed E-state index contributed by atoms with van der Waals surface area (Å²) in [5.74, 6) is -0.0766. The molecule has 2 aromatic rings. The van der Waals surface area contributed by atoms with E-state index in [0.717, 1.165) is 5.56 Å². The second kappa shape index (κ2) is 8.85. The van der Waals surface area contributed by atoms with Crippen molar-refractivity contribution in [3.63, 3.8) is 0 Å². The van der Waals surface area contributed by atoms with Crippen LogP contribution >= 0.6 is 0 Å². The van der Waals surface area contributed by atoms with Crippen molar-refractivity contribution in [2.24, 2.45) is 0 Å². The van der Waals surface area contributed by atoms with Gasteiger partial charge in [0.2, 0.25) is 0 Å². The fourth-order valence-electron chi connectivity index (χ4n) is 2.30. The van der Waals surface area contributed by atoms with Gasteiger partial charge in [-0.2, -0.15) is 0 Å². The predicted molar refractivity (Wildman–Crippen MR) is 99.5 cm³/mol. The molecular formula is C21H22O5. The highest BCUT2D eigenvalue weighted by Gasteiger charge is 2.13. The average Bonchev–Trinajstić information content (AvgIpc) is 2.66. The van der Waals surface area contributed by atoms with Crippen LogP contribution in [-0.2, 0) is 9.53 Å². The Bertz CT molecular complexity index is 804. The van der Waals surface area contributed by atoms with Crippen LogP contribution in [-0.4, -0.2) is 26.2 Å². The fraction of sp³-hybridized carbons (Fsp3) is 0.238. The summed E-state index contributed by atoms with van der Waals surface area (Å²) in [5, 5.41) is 0. The minimum atomic E-state index is -0.540. The van der Waals surface area contributed by atoms with Crippen LogP contribution in [0, 0.1) is 0 Å². The molecule has 5 heteroatoms. The minimum absolute atomic E-state index is 0.227. The molecule has 0 radical (unpaired) electrons. The molecule has 0 aliphatic rings. The number of hydrogen-bond acceptors (Lipinski definition) is 5. The van der Waals surface area contributed by atoms with Gasteiger partial charge in [0.05, 0.1) is 19.8 Å². The van der Waals surface area contributed by atoms with Crippen LogP contribution in [0.2, 0.25) is 0 Å². The zero-order chi connectivity index (χ0) is 19.1. The monoisotopic (exact) mass is 354 g/mol. The quantitative estimate of drug-likeness (QED) is 0.441. The molecule has 0 aromatic heterocycles. The Balaban J connectivity index is 2.08. The molecule has 0 spiro atoms. The number of methoxy groups -OCH3 is 2. The van der Waals surface area contributed by atoms with Crippen LogP contribution in [0.5, 0.6) is 11.5 Å². The van der Waals surface area contributed by atoms with Crippen molar-refractivity contribution < 1.29 is 23.8 Å². The first-order valence-electron chi connectivity index (χ1n) is 8.20. The Morgan fingerprint density at radius 2 is 1.65 bits per heavy atom. The lowest BCUT2D eigenvalue weighted by atomic mass is 10.0. The molecule has 0 heterocycles. The molecule has 0 saturated heterocycles. The van der Waals surface area contributed by atoms with Gasteiger partial charge in [-0.05, 0) is 41.3 Å². The lowest BCUT2D eigenvalue weighted by Crippen LogP contribution is -2.07. The lowest BCUT2D eigenvalue weighted by Gasteiger charge is -2.09. The van der Waals surface area contributed by atoms with E-state index in [1.165, 1.54) is 44.1 Å². The second-order valence-electron chi connectivity index (χ2n) is 5.93. The molecule has 136 valence electrons. The van der Waals surface area contributed by atoms with Crippen LogP contribution < -0.4 is 9.47 Å². The third kappa shape index (κ3) is 4.96. The van der Waals surface area contributed by atoms with E-state index in [4.69, 9.17) is 9.47 Å². The first-order chi connectivity index (χ1) is 12.4. The number of carbonyl (C=O) groups excluding carboxylic acids is 2. The van der Waals surface area contributed by atoms with Gasteiger partial charge in [-0.1, -0.05) is 38.1 Å². The van der Waals surface area contributed by atoms with Gasteiger partial charge in [0.15, 0.2) is 11.5 Å². The Hall–Kier alpha value is -3.08. The van der Waals surface area contributed by atoms with Crippen molar-refractivity contribution in [2.45, 2.75) is 19.8 Å². The zero-order valence-corrected chi connectivity index (χ0v) is 15.3. The number of hydrogen-bond donors (Lipinski definition) is 0. The van der Waals surface area contributed by atoms with Crippen molar-refractivity contribution in [1.82, 2.24) is 0 Å². The van der Waals surface area contributed by atoms with Gasteiger partial charge in [-0.3, -0.25) is 0 Å². The topological polar surface area (TPSA) is 61.8 Å².